The molecule has 2 atom stereocenters. The number of aromatic nitrogens is 1. The van der Waals surface area contributed by atoms with Gasteiger partial charge in [0.05, 0.1) is 11.5 Å². The molecule has 0 bridgehead atoms. The van der Waals surface area contributed by atoms with Gasteiger partial charge in [0.15, 0.2) is 15.4 Å². The second kappa shape index (κ2) is 12.9. The van der Waals surface area contributed by atoms with Crippen LogP contribution in [0.5, 0.6) is 0 Å². The summed E-state index contributed by atoms with van der Waals surface area (Å²) in [5.41, 5.74) is 1.03. The number of sulfone groups is 1. The van der Waals surface area contributed by atoms with E-state index in [0.29, 0.717) is 35.9 Å². The zero-order chi connectivity index (χ0) is 27.8. The summed E-state index contributed by atoms with van der Waals surface area (Å²) >= 11 is 0. The summed E-state index contributed by atoms with van der Waals surface area (Å²) in [5, 5.41) is 15.5. The Hall–Kier alpha value is -3.44. The van der Waals surface area contributed by atoms with Gasteiger partial charge in [-0.2, -0.15) is 0 Å². The molecule has 0 fully saturated rings. The van der Waals surface area contributed by atoms with Gasteiger partial charge in [-0.15, -0.1) is 0 Å². The minimum absolute atomic E-state index is 0.227. The quantitative estimate of drug-likeness (QED) is 0.292. The standard InChI is InChI=1S/C27H35N3O7S/c1-27(2,3)37-26(33)30-21(18-38(34,35)17-19-11-5-4-6-12-19)24(32)28-16-10-9-14-22(31)25-29-20-13-7-8-15-23(20)36-25/h4-8,11-13,15,21-22,31H,9-10,14,16-18H2,1-3H3,(H,28,32)(H,30,33)/t21-,22-/m0/s1. The summed E-state index contributed by atoms with van der Waals surface area (Å²) in [5.74, 6) is -1.24. The third kappa shape index (κ3) is 9.46. The smallest absolute Gasteiger partial charge is 0.408 e. The molecule has 206 valence electrons. The van der Waals surface area contributed by atoms with E-state index < -0.39 is 45.3 Å². The van der Waals surface area contributed by atoms with E-state index in [4.69, 9.17) is 9.15 Å². The molecule has 2 aromatic carbocycles. The van der Waals surface area contributed by atoms with Crippen LogP contribution in [-0.2, 0) is 25.1 Å². The van der Waals surface area contributed by atoms with E-state index in [1.807, 2.05) is 12.1 Å². The number of hydrogen-bond acceptors (Lipinski definition) is 8. The highest BCUT2D eigenvalue weighted by atomic mass is 32.2. The molecule has 2 amide bonds. The summed E-state index contributed by atoms with van der Waals surface area (Å²) in [4.78, 5) is 29.5. The monoisotopic (exact) mass is 545 g/mol. The fourth-order valence-electron chi connectivity index (χ4n) is 3.73. The van der Waals surface area contributed by atoms with Gasteiger partial charge in [-0.25, -0.2) is 18.2 Å². The van der Waals surface area contributed by atoms with Gasteiger partial charge in [0, 0.05) is 6.54 Å². The van der Waals surface area contributed by atoms with E-state index in [-0.39, 0.29) is 18.2 Å². The molecule has 0 radical (unpaired) electrons. The van der Waals surface area contributed by atoms with Crippen LogP contribution in [0.25, 0.3) is 11.1 Å². The molecule has 0 aliphatic carbocycles. The third-order valence-corrected chi connectivity index (χ3v) is 7.07. The minimum atomic E-state index is -3.74. The Morgan fingerprint density at radius 1 is 1.05 bits per heavy atom. The molecule has 1 heterocycles. The second-order valence-electron chi connectivity index (χ2n) is 10.1. The molecule has 0 unspecified atom stereocenters. The Labute approximate surface area is 222 Å². The fraction of sp³-hybridized carbons (Fsp3) is 0.444. The molecule has 0 aliphatic heterocycles. The lowest BCUT2D eigenvalue weighted by Crippen LogP contribution is -2.51. The van der Waals surface area contributed by atoms with E-state index >= 15 is 0 Å². The van der Waals surface area contributed by atoms with Crippen molar-refractivity contribution in [1.82, 2.24) is 15.6 Å². The number of nitrogens with zero attached hydrogens (tertiary/aromatic N) is 1. The van der Waals surface area contributed by atoms with Gasteiger partial charge < -0.3 is 24.9 Å². The van der Waals surface area contributed by atoms with Crippen molar-refractivity contribution in [2.24, 2.45) is 0 Å². The Morgan fingerprint density at radius 2 is 1.74 bits per heavy atom. The number of carbonyl (C=O) groups is 2. The van der Waals surface area contributed by atoms with Crippen molar-refractivity contribution in [1.29, 1.82) is 0 Å². The number of aliphatic hydroxyl groups excluding tert-OH is 1. The first-order valence-electron chi connectivity index (χ1n) is 12.5. The molecule has 11 heteroatoms. The Bertz CT molecular complexity index is 1280. The van der Waals surface area contributed by atoms with Crippen molar-refractivity contribution in [3.63, 3.8) is 0 Å². The normalized spacial score (nSPS) is 13.6. The highest BCUT2D eigenvalue weighted by Crippen LogP contribution is 2.23. The molecular formula is C27H35N3O7S. The van der Waals surface area contributed by atoms with Crippen LogP contribution in [0.15, 0.2) is 59.0 Å². The molecule has 0 saturated heterocycles. The SMILES string of the molecule is CC(C)(C)OC(=O)N[C@@H](CS(=O)(=O)Cc1ccccc1)C(=O)NCCCC[C@H](O)c1nc2ccccc2o1. The first-order chi connectivity index (χ1) is 17.9. The number of alkyl carbamates (subject to hydrolysis) is 1. The van der Waals surface area contributed by atoms with E-state index in [0.717, 1.165) is 0 Å². The number of benzene rings is 2. The highest BCUT2D eigenvalue weighted by molar-refractivity contribution is 7.90. The topological polar surface area (TPSA) is 148 Å². The lowest BCUT2D eigenvalue weighted by molar-refractivity contribution is -0.122. The van der Waals surface area contributed by atoms with Crippen LogP contribution in [-0.4, -0.2) is 54.4 Å². The van der Waals surface area contributed by atoms with Crippen molar-refractivity contribution in [3.05, 3.63) is 66.1 Å². The number of hydrogen-bond donors (Lipinski definition) is 3. The maximum Gasteiger partial charge on any atom is 0.408 e. The zero-order valence-electron chi connectivity index (χ0n) is 21.8. The third-order valence-electron chi connectivity index (χ3n) is 5.46. The Morgan fingerprint density at radius 3 is 2.42 bits per heavy atom. The van der Waals surface area contributed by atoms with Crippen molar-refractivity contribution >= 4 is 32.9 Å². The number of aliphatic hydroxyl groups is 1. The molecular weight excluding hydrogens is 510 g/mol. The first-order valence-corrected chi connectivity index (χ1v) is 14.3. The summed E-state index contributed by atoms with van der Waals surface area (Å²) < 4.78 is 36.4. The van der Waals surface area contributed by atoms with Crippen LogP contribution in [0.1, 0.15) is 57.6 Å². The van der Waals surface area contributed by atoms with Gasteiger partial charge in [-0.3, -0.25) is 4.79 Å². The molecule has 3 N–H and O–H groups in total. The number of fused-ring (bicyclic) bond motifs is 1. The maximum absolute atomic E-state index is 12.9. The van der Waals surface area contributed by atoms with E-state index in [1.54, 1.807) is 63.2 Å². The molecule has 3 rings (SSSR count). The number of oxazole rings is 1. The molecule has 1 aromatic heterocycles. The highest BCUT2D eigenvalue weighted by Gasteiger charge is 2.29. The van der Waals surface area contributed by atoms with Crippen molar-refractivity contribution in [3.8, 4) is 0 Å². The van der Waals surface area contributed by atoms with Gasteiger partial charge in [0.2, 0.25) is 11.8 Å². The summed E-state index contributed by atoms with van der Waals surface area (Å²) in [7, 11) is -3.74. The minimum Gasteiger partial charge on any atom is -0.444 e. The molecule has 10 nitrogen and oxygen atoms in total. The average Bonchev–Trinajstić information content (AvgIpc) is 3.27. The number of para-hydroxylation sites is 2. The number of unbranched alkanes of at least 4 members (excludes halogenated alkanes) is 1. The summed E-state index contributed by atoms with van der Waals surface area (Å²) in [6.07, 6.45) is -0.333. The first kappa shape index (κ1) is 29.1. The van der Waals surface area contributed by atoms with Gasteiger partial charge >= 0.3 is 6.09 Å². The van der Waals surface area contributed by atoms with Crippen LogP contribution < -0.4 is 10.6 Å². The molecule has 3 aromatic rings. The molecule has 0 saturated carbocycles. The predicted octanol–water partition coefficient (Wildman–Crippen LogP) is 3.66. The maximum atomic E-state index is 12.9. The number of carbonyl (C=O) groups excluding carboxylic acids is 2. The summed E-state index contributed by atoms with van der Waals surface area (Å²) in [6, 6.07) is 14.5. The van der Waals surface area contributed by atoms with Gasteiger partial charge in [0.25, 0.3) is 0 Å². The van der Waals surface area contributed by atoms with Crippen LogP contribution >= 0.6 is 0 Å². The van der Waals surface area contributed by atoms with Crippen molar-refractivity contribution in [2.75, 3.05) is 12.3 Å². The van der Waals surface area contributed by atoms with Gasteiger partial charge in [0.1, 0.15) is 23.3 Å². The Kier molecular flexibility index (Phi) is 9.87. The van der Waals surface area contributed by atoms with Crippen LogP contribution in [0.3, 0.4) is 0 Å². The van der Waals surface area contributed by atoms with Gasteiger partial charge in [-0.1, -0.05) is 42.5 Å². The number of rotatable bonds is 12. The van der Waals surface area contributed by atoms with Crippen molar-refractivity contribution in [2.45, 2.75) is 63.5 Å². The zero-order valence-corrected chi connectivity index (χ0v) is 22.7. The van der Waals surface area contributed by atoms with E-state index in [2.05, 4.69) is 15.6 Å². The van der Waals surface area contributed by atoms with E-state index in [1.165, 1.54) is 0 Å². The average molecular weight is 546 g/mol. The second-order valence-corrected chi connectivity index (χ2v) is 12.2. The number of nitrogens with one attached hydrogen (secondary N) is 2. The molecule has 38 heavy (non-hydrogen) atoms. The van der Waals surface area contributed by atoms with Crippen LogP contribution in [0.2, 0.25) is 0 Å². The van der Waals surface area contributed by atoms with E-state index in [9.17, 15) is 23.1 Å². The van der Waals surface area contributed by atoms with Crippen LogP contribution in [0.4, 0.5) is 4.79 Å². The Balaban J connectivity index is 1.53. The van der Waals surface area contributed by atoms with Crippen molar-refractivity contribution < 1.29 is 32.3 Å². The largest absolute Gasteiger partial charge is 0.444 e. The predicted molar refractivity (Wildman–Crippen MR) is 143 cm³/mol. The summed E-state index contributed by atoms with van der Waals surface area (Å²) in [6.45, 7) is 5.24. The lowest BCUT2D eigenvalue weighted by atomic mass is 10.1. The lowest BCUT2D eigenvalue weighted by Gasteiger charge is -2.23. The number of amides is 2. The number of ether oxygens (including phenoxy) is 1. The molecule has 0 spiro atoms. The van der Waals surface area contributed by atoms with Crippen LogP contribution in [0, 0.1) is 0 Å². The van der Waals surface area contributed by atoms with Gasteiger partial charge in [-0.05, 0) is 57.7 Å². The fourth-order valence-corrected chi connectivity index (χ4v) is 5.29. The molecule has 0 aliphatic rings.